The number of rotatable bonds is 6. The molecule has 5 rings (SSSR count). The predicted molar refractivity (Wildman–Crippen MR) is 129 cm³/mol. The van der Waals surface area contributed by atoms with Crippen LogP contribution in [0.5, 0.6) is 5.75 Å². The van der Waals surface area contributed by atoms with E-state index in [1.54, 1.807) is 0 Å². The molecule has 1 N–H and O–H groups in total. The number of fused-ring (bicyclic) bond motifs is 3. The third-order valence-electron chi connectivity index (χ3n) is 5.77. The quantitative estimate of drug-likeness (QED) is 0.406. The number of carbonyl (C=O) groups is 1. The first-order chi connectivity index (χ1) is 16.2. The molecule has 0 fully saturated rings. The van der Waals surface area contributed by atoms with Gasteiger partial charge in [-0.3, -0.25) is 4.57 Å². The lowest BCUT2D eigenvalue weighted by Crippen LogP contribution is -2.28. The van der Waals surface area contributed by atoms with E-state index in [0.717, 1.165) is 34.3 Å². The van der Waals surface area contributed by atoms with Gasteiger partial charge in [0, 0.05) is 0 Å². The van der Waals surface area contributed by atoms with Crippen LogP contribution in [0.2, 0.25) is 0 Å². The van der Waals surface area contributed by atoms with Gasteiger partial charge < -0.3 is 14.8 Å². The molecule has 0 unspecified atom stereocenters. The van der Waals surface area contributed by atoms with Crippen molar-refractivity contribution in [1.29, 1.82) is 0 Å². The molecular formula is C27H25N3O3. The number of methoxy groups -OCH3 is 1. The van der Waals surface area contributed by atoms with Crippen molar-refractivity contribution in [1.82, 2.24) is 9.55 Å². The van der Waals surface area contributed by atoms with Crippen LogP contribution >= 0.6 is 0 Å². The second-order valence-electron chi connectivity index (χ2n) is 7.89. The van der Waals surface area contributed by atoms with Crippen molar-refractivity contribution in [3.63, 3.8) is 0 Å². The van der Waals surface area contributed by atoms with Crippen molar-refractivity contribution in [2.75, 3.05) is 19.0 Å². The highest BCUT2D eigenvalue weighted by Crippen LogP contribution is 2.42. The summed E-state index contributed by atoms with van der Waals surface area (Å²) in [5.41, 5.74) is 4.85. The van der Waals surface area contributed by atoms with Crippen LogP contribution in [0.15, 0.2) is 84.4 Å². The zero-order valence-electron chi connectivity index (χ0n) is 18.6. The van der Waals surface area contributed by atoms with Crippen LogP contribution in [0, 0.1) is 0 Å². The largest absolute Gasteiger partial charge is 0.494 e. The molecule has 0 aliphatic carbocycles. The molecule has 0 saturated carbocycles. The SMILES string of the molecule is CCCOc1ccc([C@@H]2C(C(=O)OC)=C(c3ccccc3)Nc3nc4ccccc4n32)cc1. The Morgan fingerprint density at radius 1 is 1.00 bits per heavy atom. The molecule has 1 aliphatic rings. The molecule has 1 atom stereocenters. The minimum atomic E-state index is -0.420. The van der Waals surface area contributed by atoms with E-state index in [4.69, 9.17) is 14.5 Å². The Balaban J connectivity index is 1.74. The number of hydrogen-bond acceptors (Lipinski definition) is 5. The Morgan fingerprint density at radius 3 is 2.45 bits per heavy atom. The number of para-hydroxylation sites is 2. The molecule has 0 saturated heterocycles. The van der Waals surface area contributed by atoms with Gasteiger partial charge in [0.1, 0.15) is 5.75 Å². The monoisotopic (exact) mass is 439 g/mol. The number of esters is 1. The lowest BCUT2D eigenvalue weighted by atomic mass is 9.92. The summed E-state index contributed by atoms with van der Waals surface area (Å²) >= 11 is 0. The van der Waals surface area contributed by atoms with Crippen molar-refractivity contribution < 1.29 is 14.3 Å². The van der Waals surface area contributed by atoms with Gasteiger partial charge in [0.25, 0.3) is 0 Å². The number of hydrogen-bond donors (Lipinski definition) is 1. The number of imidazole rings is 1. The fourth-order valence-corrected chi connectivity index (χ4v) is 4.28. The van der Waals surface area contributed by atoms with Crippen molar-refractivity contribution >= 4 is 28.6 Å². The topological polar surface area (TPSA) is 65.4 Å². The van der Waals surface area contributed by atoms with E-state index >= 15 is 0 Å². The maximum Gasteiger partial charge on any atom is 0.338 e. The van der Waals surface area contributed by atoms with E-state index in [1.165, 1.54) is 7.11 Å². The minimum absolute atomic E-state index is 0.388. The molecule has 6 nitrogen and oxygen atoms in total. The van der Waals surface area contributed by atoms with Gasteiger partial charge in [-0.1, -0.05) is 61.5 Å². The van der Waals surface area contributed by atoms with E-state index in [-0.39, 0.29) is 5.97 Å². The normalized spacial score (nSPS) is 15.2. The number of anilines is 1. The average Bonchev–Trinajstić information content (AvgIpc) is 3.25. The first-order valence-corrected chi connectivity index (χ1v) is 11.1. The van der Waals surface area contributed by atoms with Crippen LogP contribution < -0.4 is 10.1 Å². The van der Waals surface area contributed by atoms with Crippen LogP contribution in [-0.2, 0) is 9.53 Å². The molecule has 4 aromatic rings. The van der Waals surface area contributed by atoms with Gasteiger partial charge in [-0.2, -0.15) is 0 Å². The van der Waals surface area contributed by atoms with Gasteiger partial charge in [0.05, 0.1) is 42.1 Å². The summed E-state index contributed by atoms with van der Waals surface area (Å²) < 4.78 is 13.1. The number of aromatic nitrogens is 2. The fraction of sp³-hybridized carbons (Fsp3) is 0.185. The Labute approximate surface area is 192 Å². The Bertz CT molecular complexity index is 1320. The van der Waals surface area contributed by atoms with Crippen LogP contribution in [0.25, 0.3) is 16.7 Å². The molecule has 33 heavy (non-hydrogen) atoms. The summed E-state index contributed by atoms with van der Waals surface area (Å²) in [6.07, 6.45) is 0.941. The second kappa shape index (κ2) is 8.82. The molecular weight excluding hydrogens is 414 g/mol. The Morgan fingerprint density at radius 2 is 1.73 bits per heavy atom. The summed E-state index contributed by atoms with van der Waals surface area (Å²) in [6, 6.07) is 25.2. The average molecular weight is 440 g/mol. The smallest absolute Gasteiger partial charge is 0.338 e. The van der Waals surface area contributed by atoms with Gasteiger partial charge in [-0.15, -0.1) is 0 Å². The van der Waals surface area contributed by atoms with Crippen molar-refractivity contribution in [2.24, 2.45) is 0 Å². The standard InChI is InChI=1S/C27H25N3O3/c1-3-17-33-20-15-13-19(14-16-20)25-23(26(31)32-2)24(18-9-5-4-6-10-18)29-27-28-21-11-7-8-12-22(21)30(25)27/h4-16,25H,3,17H2,1-2H3,(H,28,29)/t25-/m1/s1. The lowest BCUT2D eigenvalue weighted by molar-refractivity contribution is -0.136. The first kappa shape index (κ1) is 20.8. The third kappa shape index (κ3) is 3.74. The van der Waals surface area contributed by atoms with Crippen molar-refractivity contribution in [3.05, 3.63) is 95.6 Å². The van der Waals surface area contributed by atoms with E-state index in [2.05, 4.69) is 16.8 Å². The van der Waals surface area contributed by atoms with Gasteiger partial charge in [-0.05, 0) is 41.8 Å². The number of nitrogens with one attached hydrogen (secondary N) is 1. The highest BCUT2D eigenvalue weighted by atomic mass is 16.5. The summed E-state index contributed by atoms with van der Waals surface area (Å²) in [6.45, 7) is 2.74. The molecule has 3 aromatic carbocycles. The number of ether oxygens (including phenoxy) is 2. The van der Waals surface area contributed by atoms with Crippen molar-refractivity contribution in [2.45, 2.75) is 19.4 Å². The highest BCUT2D eigenvalue weighted by Gasteiger charge is 2.36. The van der Waals surface area contributed by atoms with Crippen LogP contribution in [0.3, 0.4) is 0 Å². The van der Waals surface area contributed by atoms with Gasteiger partial charge >= 0.3 is 5.97 Å². The van der Waals surface area contributed by atoms with Crippen LogP contribution in [0.1, 0.15) is 30.5 Å². The zero-order valence-corrected chi connectivity index (χ0v) is 18.6. The lowest BCUT2D eigenvalue weighted by Gasteiger charge is -2.31. The molecule has 0 spiro atoms. The minimum Gasteiger partial charge on any atom is -0.494 e. The zero-order chi connectivity index (χ0) is 22.8. The molecule has 0 amide bonds. The number of benzene rings is 3. The van der Waals surface area contributed by atoms with E-state index in [0.29, 0.717) is 23.8 Å². The summed E-state index contributed by atoms with van der Waals surface area (Å²) in [4.78, 5) is 18.1. The molecule has 2 heterocycles. The van der Waals surface area contributed by atoms with Gasteiger partial charge in [0.15, 0.2) is 0 Å². The van der Waals surface area contributed by atoms with Crippen LogP contribution in [0.4, 0.5) is 5.95 Å². The molecule has 0 bridgehead atoms. The molecule has 1 aliphatic heterocycles. The summed E-state index contributed by atoms with van der Waals surface area (Å²) in [5.74, 6) is 1.09. The summed E-state index contributed by atoms with van der Waals surface area (Å²) in [5, 5.41) is 3.41. The number of carbonyl (C=O) groups excluding carboxylic acids is 1. The maximum absolute atomic E-state index is 13.2. The molecule has 166 valence electrons. The molecule has 1 aromatic heterocycles. The molecule has 6 heteroatoms. The highest BCUT2D eigenvalue weighted by molar-refractivity contribution is 6.03. The van der Waals surface area contributed by atoms with Gasteiger partial charge in [-0.25, -0.2) is 9.78 Å². The third-order valence-corrected chi connectivity index (χ3v) is 5.77. The summed E-state index contributed by atoms with van der Waals surface area (Å²) in [7, 11) is 1.41. The van der Waals surface area contributed by atoms with Crippen molar-refractivity contribution in [3.8, 4) is 5.75 Å². The predicted octanol–water partition coefficient (Wildman–Crippen LogP) is 5.42. The van der Waals surface area contributed by atoms with E-state index < -0.39 is 6.04 Å². The van der Waals surface area contributed by atoms with E-state index in [9.17, 15) is 4.79 Å². The van der Waals surface area contributed by atoms with E-state index in [1.807, 2.05) is 78.9 Å². The van der Waals surface area contributed by atoms with Gasteiger partial charge in [0.2, 0.25) is 5.95 Å². The molecule has 0 radical (unpaired) electrons. The Kier molecular flexibility index (Phi) is 5.57. The fourth-order valence-electron chi connectivity index (χ4n) is 4.28. The number of nitrogens with zero attached hydrogens (tertiary/aromatic N) is 2. The maximum atomic E-state index is 13.2. The van der Waals surface area contributed by atoms with Crippen LogP contribution in [-0.4, -0.2) is 29.2 Å². The second-order valence-corrected chi connectivity index (χ2v) is 7.89. The first-order valence-electron chi connectivity index (χ1n) is 11.1. The Hall–Kier alpha value is -4.06.